The smallest absolute Gasteiger partial charge is 0.387 e. The van der Waals surface area contributed by atoms with Crippen LogP contribution < -0.4 is 9.47 Å². The first-order chi connectivity index (χ1) is 16.8. The largest absolute Gasteiger partial charge is 0.493 e. The maximum atomic E-state index is 12.6. The minimum absolute atomic E-state index is 0.0223. The number of hydrogen-bond donors (Lipinski definition) is 0. The molecule has 2 heterocycles. The van der Waals surface area contributed by atoms with Crippen molar-refractivity contribution in [2.75, 3.05) is 7.11 Å². The lowest BCUT2D eigenvalue weighted by molar-refractivity contribution is -0.384. The van der Waals surface area contributed by atoms with Gasteiger partial charge in [0.25, 0.3) is 5.89 Å². The third kappa shape index (κ3) is 3.71. The molecule has 0 spiro atoms. The van der Waals surface area contributed by atoms with E-state index in [1.165, 1.54) is 50.8 Å². The molecule has 184 valence electrons. The van der Waals surface area contributed by atoms with Gasteiger partial charge in [-0.2, -0.15) is 13.9 Å². The van der Waals surface area contributed by atoms with Crippen LogP contribution in [0.1, 0.15) is 38.5 Å². The first-order valence-electron chi connectivity index (χ1n) is 11.5. The molecule has 4 fully saturated rings. The zero-order chi connectivity index (χ0) is 24.3. The van der Waals surface area contributed by atoms with Crippen LogP contribution in [-0.2, 0) is 5.54 Å². The van der Waals surface area contributed by atoms with Gasteiger partial charge in [-0.05, 0) is 74.5 Å². The Balaban J connectivity index is 1.34. The van der Waals surface area contributed by atoms with Crippen LogP contribution in [0.5, 0.6) is 11.5 Å². The summed E-state index contributed by atoms with van der Waals surface area (Å²) in [7, 11) is 1.32. The van der Waals surface area contributed by atoms with Gasteiger partial charge in [-0.15, -0.1) is 10.2 Å². The van der Waals surface area contributed by atoms with Crippen molar-refractivity contribution in [3.63, 3.8) is 0 Å². The van der Waals surface area contributed by atoms with Crippen molar-refractivity contribution in [2.24, 2.45) is 17.8 Å². The Hall–Kier alpha value is -3.57. The molecule has 0 radical (unpaired) electrons. The van der Waals surface area contributed by atoms with Crippen molar-refractivity contribution >= 4 is 5.69 Å². The Kier molecular flexibility index (Phi) is 5.01. The summed E-state index contributed by atoms with van der Waals surface area (Å²) in [5.41, 5.74) is 0.0165. The average molecular weight is 487 g/mol. The van der Waals surface area contributed by atoms with E-state index in [-0.39, 0.29) is 40.2 Å². The third-order valence-electron chi connectivity index (χ3n) is 7.64. The second kappa shape index (κ2) is 7.99. The number of aromatic nitrogens is 4. The summed E-state index contributed by atoms with van der Waals surface area (Å²) < 4.78 is 42.3. The van der Waals surface area contributed by atoms with Crippen LogP contribution in [0.3, 0.4) is 0 Å². The molecule has 12 heteroatoms. The van der Waals surface area contributed by atoms with E-state index in [0.717, 1.165) is 19.3 Å². The fraction of sp³-hybridized carbons (Fsp3) is 0.522. The van der Waals surface area contributed by atoms with Gasteiger partial charge in [-0.1, -0.05) is 0 Å². The Morgan fingerprint density at radius 2 is 1.77 bits per heavy atom. The summed E-state index contributed by atoms with van der Waals surface area (Å²) in [6.07, 6.45) is 8.19. The first-order valence-corrected chi connectivity index (χ1v) is 11.5. The number of nitro groups is 1. The van der Waals surface area contributed by atoms with Gasteiger partial charge in [0.1, 0.15) is 6.20 Å². The molecule has 0 unspecified atom stereocenters. The van der Waals surface area contributed by atoms with Crippen LogP contribution in [-0.4, -0.2) is 38.6 Å². The summed E-state index contributed by atoms with van der Waals surface area (Å²) >= 11 is 0. The van der Waals surface area contributed by atoms with E-state index in [0.29, 0.717) is 23.3 Å². The highest BCUT2D eigenvalue weighted by atomic mass is 19.3. The Morgan fingerprint density at radius 1 is 1.11 bits per heavy atom. The molecule has 0 amide bonds. The van der Waals surface area contributed by atoms with Crippen molar-refractivity contribution in [3.8, 4) is 34.5 Å². The van der Waals surface area contributed by atoms with Gasteiger partial charge in [-0.25, -0.2) is 0 Å². The number of ether oxygens (including phenoxy) is 2. The molecule has 1 aromatic carbocycles. The quantitative estimate of drug-likeness (QED) is 0.336. The van der Waals surface area contributed by atoms with Crippen molar-refractivity contribution in [2.45, 2.75) is 50.7 Å². The molecule has 4 bridgehead atoms. The molecule has 0 N–H and O–H groups in total. The van der Waals surface area contributed by atoms with Gasteiger partial charge in [-0.3, -0.25) is 14.8 Å². The van der Waals surface area contributed by atoms with Crippen molar-refractivity contribution in [1.29, 1.82) is 0 Å². The summed E-state index contributed by atoms with van der Waals surface area (Å²) in [6, 6.07) is 4.17. The zero-order valence-electron chi connectivity index (χ0n) is 18.9. The Morgan fingerprint density at radius 3 is 2.37 bits per heavy atom. The van der Waals surface area contributed by atoms with Gasteiger partial charge >= 0.3 is 12.3 Å². The van der Waals surface area contributed by atoms with Gasteiger partial charge in [0.2, 0.25) is 11.6 Å². The Labute approximate surface area is 198 Å². The molecule has 4 saturated carbocycles. The summed E-state index contributed by atoms with van der Waals surface area (Å²) in [6.45, 7) is -3.01. The number of alkyl halides is 2. The molecule has 0 atom stereocenters. The standard InChI is InChI=1S/C23H23F2N5O5/c1-33-18-7-15(2-3-17(18)34-22(24)25)20-26-27-21(35-20)19-16(30(31)32)11-29(28-19)23-8-12-4-13(9-23)6-14(5-12)10-23/h2-3,7,11-14,22H,4-6,8-10H2,1H3. The number of nitrogens with zero attached hydrogens (tertiary/aromatic N) is 5. The van der Waals surface area contributed by atoms with Crippen molar-refractivity contribution < 1.29 is 27.6 Å². The number of methoxy groups -OCH3 is 1. The van der Waals surface area contributed by atoms with Crippen LogP contribution in [0.4, 0.5) is 14.5 Å². The number of hydrogen-bond acceptors (Lipinski definition) is 8. The molecular weight excluding hydrogens is 464 g/mol. The topological polar surface area (TPSA) is 118 Å². The van der Waals surface area contributed by atoms with E-state index in [1.54, 1.807) is 4.68 Å². The minimum atomic E-state index is -3.01. The molecule has 4 aliphatic rings. The van der Waals surface area contributed by atoms with Crippen LogP contribution in [0.2, 0.25) is 0 Å². The average Bonchev–Trinajstić information content (AvgIpc) is 3.46. The maximum absolute atomic E-state index is 12.6. The highest BCUT2D eigenvalue weighted by Crippen LogP contribution is 2.59. The van der Waals surface area contributed by atoms with Crippen molar-refractivity contribution in [3.05, 3.63) is 34.5 Å². The van der Waals surface area contributed by atoms with Crippen LogP contribution >= 0.6 is 0 Å². The fourth-order valence-electron chi connectivity index (χ4n) is 6.67. The normalized spacial score (nSPS) is 26.9. The van der Waals surface area contributed by atoms with Crippen molar-refractivity contribution in [1.82, 2.24) is 20.0 Å². The third-order valence-corrected chi connectivity index (χ3v) is 7.64. The molecule has 0 aliphatic heterocycles. The Bertz CT molecular complexity index is 1250. The molecule has 35 heavy (non-hydrogen) atoms. The molecule has 10 nitrogen and oxygen atoms in total. The van der Waals surface area contributed by atoms with Crippen LogP contribution in [0.25, 0.3) is 23.0 Å². The highest BCUT2D eigenvalue weighted by molar-refractivity contribution is 5.64. The lowest BCUT2D eigenvalue weighted by Gasteiger charge is -2.56. The lowest BCUT2D eigenvalue weighted by Crippen LogP contribution is -2.52. The van der Waals surface area contributed by atoms with E-state index in [9.17, 15) is 18.9 Å². The zero-order valence-corrected chi connectivity index (χ0v) is 18.9. The van der Waals surface area contributed by atoms with Gasteiger partial charge in [0.15, 0.2) is 11.5 Å². The lowest BCUT2D eigenvalue weighted by atomic mass is 9.53. The maximum Gasteiger partial charge on any atom is 0.387 e. The number of halogens is 2. The monoisotopic (exact) mass is 487 g/mol. The molecule has 7 rings (SSSR count). The SMILES string of the molecule is COc1cc(-c2nnc(-c3nn(C45CC6CC(CC(C6)C4)C5)cc3[N+](=O)[O-])o2)ccc1OC(F)F. The van der Waals surface area contributed by atoms with Gasteiger partial charge in [0, 0.05) is 5.56 Å². The highest BCUT2D eigenvalue weighted by Gasteiger charge is 2.53. The fourth-order valence-corrected chi connectivity index (χ4v) is 6.67. The molecular formula is C23H23F2N5O5. The van der Waals surface area contributed by atoms with E-state index >= 15 is 0 Å². The van der Waals surface area contributed by atoms with E-state index in [2.05, 4.69) is 20.0 Å². The first kappa shape index (κ1) is 21.9. The van der Waals surface area contributed by atoms with Crippen LogP contribution in [0, 0.1) is 27.9 Å². The van der Waals surface area contributed by atoms with E-state index in [1.807, 2.05) is 0 Å². The minimum Gasteiger partial charge on any atom is -0.493 e. The summed E-state index contributed by atoms with van der Waals surface area (Å²) in [5, 5.41) is 24.5. The van der Waals surface area contributed by atoms with E-state index < -0.39 is 11.5 Å². The predicted molar refractivity (Wildman–Crippen MR) is 117 cm³/mol. The van der Waals surface area contributed by atoms with Crippen LogP contribution in [0.15, 0.2) is 28.8 Å². The van der Waals surface area contributed by atoms with E-state index in [4.69, 9.17) is 9.15 Å². The van der Waals surface area contributed by atoms with Gasteiger partial charge in [0.05, 0.1) is 17.6 Å². The van der Waals surface area contributed by atoms with Gasteiger partial charge < -0.3 is 13.9 Å². The second-order valence-corrected chi connectivity index (χ2v) is 9.86. The molecule has 4 aliphatic carbocycles. The summed E-state index contributed by atoms with van der Waals surface area (Å²) in [5.74, 6) is 1.82. The molecule has 0 saturated heterocycles. The molecule has 2 aromatic heterocycles. The molecule has 3 aromatic rings. The number of rotatable bonds is 7. The summed E-state index contributed by atoms with van der Waals surface area (Å²) in [4.78, 5) is 11.4. The predicted octanol–water partition coefficient (Wildman–Crippen LogP) is 5.04. The second-order valence-electron chi connectivity index (χ2n) is 9.86. The number of benzene rings is 1.